The Bertz CT molecular complexity index is 1080. The first-order chi connectivity index (χ1) is 16.6. The van der Waals surface area contributed by atoms with Gasteiger partial charge in [-0.2, -0.15) is 0 Å². The van der Waals surface area contributed by atoms with Gasteiger partial charge in [-0.25, -0.2) is 4.98 Å². The number of aliphatic carboxylic acids is 1. The second-order valence-corrected chi connectivity index (χ2v) is 11.0. The highest BCUT2D eigenvalue weighted by molar-refractivity contribution is 7.17. The van der Waals surface area contributed by atoms with Crippen LogP contribution in [-0.4, -0.2) is 67.3 Å². The van der Waals surface area contributed by atoms with Crippen molar-refractivity contribution >= 4 is 39.7 Å². The fourth-order valence-corrected chi connectivity index (χ4v) is 5.80. The molecule has 3 aliphatic heterocycles. The summed E-state index contributed by atoms with van der Waals surface area (Å²) in [5, 5.41) is 14.8. The minimum atomic E-state index is -0.833. The molecule has 0 spiro atoms. The normalized spacial score (nSPS) is 18.9. The number of ether oxygens (including phenoxy) is 1. The van der Waals surface area contributed by atoms with Gasteiger partial charge in [0, 0.05) is 44.2 Å². The molecule has 3 aliphatic rings. The van der Waals surface area contributed by atoms with Crippen LogP contribution in [0.1, 0.15) is 49.0 Å². The van der Waals surface area contributed by atoms with Crippen molar-refractivity contribution in [3.63, 3.8) is 0 Å². The smallest absolute Gasteiger partial charge is 0.300 e. The minimum Gasteiger partial charge on any atom is -0.489 e. The van der Waals surface area contributed by atoms with E-state index in [1.165, 1.54) is 29.9 Å². The van der Waals surface area contributed by atoms with E-state index in [0.29, 0.717) is 6.61 Å². The van der Waals surface area contributed by atoms with Crippen molar-refractivity contribution in [1.82, 2.24) is 15.6 Å². The highest BCUT2D eigenvalue weighted by atomic mass is 32.1. The Hall–Kier alpha value is -2.85. The highest BCUT2D eigenvalue weighted by Crippen LogP contribution is 2.42. The maximum atomic E-state index is 12.5. The lowest BCUT2D eigenvalue weighted by Gasteiger charge is -2.32. The molecule has 35 heavy (non-hydrogen) atoms. The molecule has 9 nitrogen and oxygen atoms in total. The molecule has 2 aromatic rings. The number of carbonyl (C=O) groups excluding carboxylic acids is 1. The summed E-state index contributed by atoms with van der Waals surface area (Å²) in [6.45, 7) is 9.80. The maximum absolute atomic E-state index is 12.5. The number of fused-ring (bicyclic) bond motifs is 2. The van der Waals surface area contributed by atoms with Crippen LogP contribution in [0.2, 0.25) is 0 Å². The Kier molecular flexibility index (Phi) is 7.51. The molecule has 0 bridgehead atoms. The number of hydrogen-bond acceptors (Lipinski definition) is 8. The van der Waals surface area contributed by atoms with Crippen LogP contribution in [0, 0.1) is 5.92 Å². The van der Waals surface area contributed by atoms with Crippen LogP contribution in [-0.2, 0) is 11.2 Å². The van der Waals surface area contributed by atoms with E-state index in [9.17, 15) is 4.79 Å². The van der Waals surface area contributed by atoms with E-state index >= 15 is 0 Å². The van der Waals surface area contributed by atoms with Crippen LogP contribution in [0.15, 0.2) is 18.2 Å². The fraction of sp³-hybridized carbons (Fsp3) is 0.560. The van der Waals surface area contributed by atoms with Gasteiger partial charge in [0.2, 0.25) is 0 Å². The van der Waals surface area contributed by atoms with Gasteiger partial charge in [-0.1, -0.05) is 11.3 Å². The maximum Gasteiger partial charge on any atom is 0.300 e. The summed E-state index contributed by atoms with van der Waals surface area (Å²) in [4.78, 5) is 31.7. The molecule has 0 atom stereocenters. The summed E-state index contributed by atoms with van der Waals surface area (Å²) in [7, 11) is 2.17. The van der Waals surface area contributed by atoms with Gasteiger partial charge in [-0.3, -0.25) is 9.59 Å². The number of aromatic nitrogens is 1. The van der Waals surface area contributed by atoms with Crippen LogP contribution in [0.4, 0.5) is 16.5 Å². The molecule has 190 valence electrons. The van der Waals surface area contributed by atoms with Gasteiger partial charge >= 0.3 is 0 Å². The van der Waals surface area contributed by atoms with Crippen LogP contribution >= 0.6 is 11.3 Å². The fourth-order valence-electron chi connectivity index (χ4n) is 4.78. The molecule has 1 fully saturated rings. The van der Waals surface area contributed by atoms with Crippen LogP contribution < -0.4 is 25.2 Å². The Morgan fingerprint density at radius 2 is 2.06 bits per heavy atom. The van der Waals surface area contributed by atoms with Crippen molar-refractivity contribution in [2.45, 2.75) is 45.6 Å². The van der Waals surface area contributed by atoms with E-state index in [4.69, 9.17) is 19.6 Å². The number of carboxylic acid groups (broad SMARTS) is 1. The van der Waals surface area contributed by atoms with Gasteiger partial charge in [0.1, 0.15) is 17.2 Å². The number of thiazole rings is 1. The summed E-state index contributed by atoms with van der Waals surface area (Å²) in [5.74, 6) is 0.772. The quantitative estimate of drug-likeness (QED) is 0.586. The largest absolute Gasteiger partial charge is 0.489 e. The number of carbonyl (C=O) groups is 2. The van der Waals surface area contributed by atoms with E-state index in [1.54, 1.807) is 0 Å². The number of amides is 1. The lowest BCUT2D eigenvalue weighted by molar-refractivity contribution is -0.134. The summed E-state index contributed by atoms with van der Waals surface area (Å²) < 4.78 is 6.03. The van der Waals surface area contributed by atoms with E-state index in [2.05, 4.69) is 45.7 Å². The van der Waals surface area contributed by atoms with Gasteiger partial charge in [0.25, 0.3) is 11.9 Å². The van der Waals surface area contributed by atoms with E-state index in [0.717, 1.165) is 72.6 Å². The average molecular weight is 502 g/mol. The number of nitrogens with zero attached hydrogens (tertiary/aromatic N) is 3. The summed E-state index contributed by atoms with van der Waals surface area (Å²) in [5.41, 5.74) is 2.85. The van der Waals surface area contributed by atoms with Crippen molar-refractivity contribution in [1.29, 1.82) is 0 Å². The lowest BCUT2D eigenvalue weighted by atomic mass is 9.94. The van der Waals surface area contributed by atoms with Crippen molar-refractivity contribution in [2.75, 3.05) is 49.6 Å². The van der Waals surface area contributed by atoms with Crippen LogP contribution in [0.25, 0.3) is 0 Å². The zero-order valence-corrected chi connectivity index (χ0v) is 21.7. The zero-order chi connectivity index (χ0) is 25.2. The molecule has 3 N–H and O–H groups in total. The number of benzene rings is 1. The predicted molar refractivity (Wildman–Crippen MR) is 138 cm³/mol. The number of carboxylic acids is 1. The summed E-state index contributed by atoms with van der Waals surface area (Å²) in [6, 6.07) is 6.45. The number of piperidine rings is 1. The van der Waals surface area contributed by atoms with Crippen molar-refractivity contribution in [2.24, 2.45) is 5.92 Å². The molecule has 1 amide bonds. The first-order valence-corrected chi connectivity index (χ1v) is 12.9. The average Bonchev–Trinajstić information content (AvgIpc) is 3.21. The monoisotopic (exact) mass is 501 g/mol. The first kappa shape index (κ1) is 25.2. The molecule has 0 radical (unpaired) electrons. The second kappa shape index (κ2) is 10.4. The van der Waals surface area contributed by atoms with Crippen LogP contribution in [0.3, 0.4) is 0 Å². The molecule has 10 heteroatoms. The molecule has 1 aromatic carbocycles. The number of nitrogens with one attached hydrogen (secondary N) is 2. The zero-order valence-electron chi connectivity index (χ0n) is 20.9. The van der Waals surface area contributed by atoms with E-state index in [-0.39, 0.29) is 11.4 Å². The Labute approximate surface area is 210 Å². The van der Waals surface area contributed by atoms with E-state index < -0.39 is 5.97 Å². The van der Waals surface area contributed by atoms with Crippen molar-refractivity contribution < 1.29 is 19.4 Å². The second-order valence-electron chi connectivity index (χ2n) is 10.0. The third kappa shape index (κ3) is 6.05. The van der Waals surface area contributed by atoms with Crippen molar-refractivity contribution in [3.05, 3.63) is 28.8 Å². The molecule has 4 heterocycles. The molecule has 1 aromatic heterocycles. The van der Waals surface area contributed by atoms with Gasteiger partial charge < -0.3 is 30.3 Å². The number of anilines is 3. The van der Waals surface area contributed by atoms with E-state index in [1.807, 2.05) is 13.8 Å². The van der Waals surface area contributed by atoms with Gasteiger partial charge in [0.05, 0.1) is 17.9 Å². The predicted octanol–water partition coefficient (Wildman–Crippen LogP) is 3.26. The molecular formula is C25H35N5O4S. The van der Waals surface area contributed by atoms with Crippen LogP contribution in [0.5, 0.6) is 5.75 Å². The highest BCUT2D eigenvalue weighted by Gasteiger charge is 2.34. The van der Waals surface area contributed by atoms with Gasteiger partial charge in [-0.15, -0.1) is 0 Å². The molecule has 0 unspecified atom stereocenters. The molecular weight excluding hydrogens is 466 g/mol. The Balaban J connectivity index is 0.000000672. The number of hydrogen-bond donors (Lipinski definition) is 3. The Morgan fingerprint density at radius 3 is 2.77 bits per heavy atom. The molecule has 5 rings (SSSR count). The third-order valence-corrected chi connectivity index (χ3v) is 7.54. The summed E-state index contributed by atoms with van der Waals surface area (Å²) >= 11 is 1.48. The molecule has 0 aliphatic carbocycles. The SMILES string of the molecule is CC(=O)O.CN(CC1CCNCC1)c1ccc2c(c1)OCCN2c1nc2c(s1)C(=O)NC(C)(C)C2. The third-order valence-electron chi connectivity index (χ3n) is 6.42. The first-order valence-electron chi connectivity index (χ1n) is 12.1. The molecule has 1 saturated heterocycles. The standard InChI is InChI=1S/C23H31N5O2S.C2H4O2/c1-23(2)13-17-20(21(29)26-23)31-22(25-17)28-10-11-30-19-12-16(4-5-18(19)28)27(3)14-15-6-8-24-9-7-15;1-2(3)4/h4-5,12,15,24H,6-11,13-14H2,1-3H3,(H,26,29);1H3,(H,3,4). The number of rotatable bonds is 4. The molecule has 0 saturated carbocycles. The Morgan fingerprint density at radius 1 is 1.34 bits per heavy atom. The van der Waals surface area contributed by atoms with Crippen molar-refractivity contribution in [3.8, 4) is 5.75 Å². The topological polar surface area (TPSA) is 107 Å². The van der Waals surface area contributed by atoms with Gasteiger partial charge in [-0.05, 0) is 57.8 Å². The summed E-state index contributed by atoms with van der Waals surface area (Å²) in [6.07, 6.45) is 3.22. The minimum absolute atomic E-state index is 0.0154. The van der Waals surface area contributed by atoms with Gasteiger partial charge in [0.15, 0.2) is 5.13 Å². The lowest BCUT2D eigenvalue weighted by Crippen LogP contribution is -2.48.